The van der Waals surface area contributed by atoms with E-state index in [4.69, 9.17) is 16.9 Å². The first-order chi connectivity index (χ1) is 12.2. The Balaban J connectivity index is 1.71. The molecule has 25 heavy (non-hydrogen) atoms. The van der Waals surface area contributed by atoms with Crippen molar-refractivity contribution in [2.75, 3.05) is 19.6 Å². The highest BCUT2D eigenvalue weighted by Crippen LogP contribution is 2.26. The average Bonchev–Trinajstić information content (AvgIpc) is 3.16. The zero-order valence-corrected chi connectivity index (χ0v) is 14.7. The van der Waals surface area contributed by atoms with Crippen molar-refractivity contribution in [2.24, 2.45) is 0 Å². The van der Waals surface area contributed by atoms with Crippen LogP contribution in [0.4, 0.5) is 0 Å². The maximum Gasteiger partial charge on any atom is 0.251 e. The van der Waals surface area contributed by atoms with Crippen molar-refractivity contribution in [1.29, 1.82) is 5.26 Å². The van der Waals surface area contributed by atoms with E-state index in [9.17, 15) is 4.79 Å². The van der Waals surface area contributed by atoms with Crippen LogP contribution in [-0.4, -0.2) is 30.4 Å². The second-order valence-electron chi connectivity index (χ2n) is 6.21. The van der Waals surface area contributed by atoms with Gasteiger partial charge in [-0.25, -0.2) is 0 Å². The Labute approximate surface area is 153 Å². The molecule has 0 radical (unpaired) electrons. The van der Waals surface area contributed by atoms with Gasteiger partial charge in [-0.3, -0.25) is 9.69 Å². The lowest BCUT2D eigenvalue weighted by Crippen LogP contribution is -2.36. The summed E-state index contributed by atoms with van der Waals surface area (Å²) in [6, 6.07) is 16.7. The summed E-state index contributed by atoms with van der Waals surface area (Å²) in [6.07, 6.45) is 2.36. The highest BCUT2D eigenvalue weighted by molar-refractivity contribution is 6.30. The van der Waals surface area contributed by atoms with Crippen LogP contribution in [0.25, 0.3) is 0 Å². The standard InChI is InChI=1S/C20H20ClN3O/c21-18-5-3-4-17(12-18)19(24-10-1-2-11-24)14-23-20(25)16-8-6-15(13-22)7-9-16/h3-9,12,19H,1-2,10-11,14H2,(H,23,25). The predicted octanol–water partition coefficient (Wildman–Crippen LogP) is 3.78. The van der Waals surface area contributed by atoms with Crippen molar-refractivity contribution in [3.8, 4) is 6.07 Å². The Morgan fingerprint density at radius 1 is 1.20 bits per heavy atom. The van der Waals surface area contributed by atoms with Gasteiger partial charge in [0.1, 0.15) is 0 Å². The van der Waals surface area contributed by atoms with Crippen LogP contribution < -0.4 is 5.32 Å². The number of amides is 1. The third-order valence-corrected chi connectivity index (χ3v) is 4.78. The molecule has 1 fully saturated rings. The summed E-state index contributed by atoms with van der Waals surface area (Å²) in [6.45, 7) is 2.59. The van der Waals surface area contributed by atoms with Crippen LogP contribution in [0.3, 0.4) is 0 Å². The summed E-state index contributed by atoms with van der Waals surface area (Å²) >= 11 is 6.15. The van der Waals surface area contributed by atoms with Gasteiger partial charge >= 0.3 is 0 Å². The van der Waals surface area contributed by atoms with Gasteiger partial charge in [-0.05, 0) is 67.9 Å². The maximum absolute atomic E-state index is 12.4. The number of likely N-dealkylation sites (tertiary alicyclic amines) is 1. The van der Waals surface area contributed by atoms with Gasteiger partial charge in [-0.15, -0.1) is 0 Å². The molecule has 4 nitrogen and oxygen atoms in total. The molecule has 2 aromatic rings. The van der Waals surface area contributed by atoms with Crippen LogP contribution in [0, 0.1) is 11.3 Å². The molecule has 0 saturated carbocycles. The topological polar surface area (TPSA) is 56.1 Å². The number of hydrogen-bond donors (Lipinski definition) is 1. The second-order valence-corrected chi connectivity index (χ2v) is 6.65. The minimum Gasteiger partial charge on any atom is -0.350 e. The summed E-state index contributed by atoms with van der Waals surface area (Å²) in [4.78, 5) is 14.8. The first kappa shape index (κ1) is 17.5. The fraction of sp³-hybridized carbons (Fsp3) is 0.300. The lowest BCUT2D eigenvalue weighted by atomic mass is 10.1. The molecular formula is C20H20ClN3O. The van der Waals surface area contributed by atoms with E-state index in [1.54, 1.807) is 24.3 Å². The molecule has 1 aliphatic heterocycles. The minimum atomic E-state index is -0.129. The van der Waals surface area contributed by atoms with E-state index in [1.165, 1.54) is 12.8 Å². The van der Waals surface area contributed by atoms with Crippen LogP contribution in [0.1, 0.15) is 40.4 Å². The van der Waals surface area contributed by atoms with Crippen LogP contribution in [0.15, 0.2) is 48.5 Å². The lowest BCUT2D eigenvalue weighted by Gasteiger charge is -2.28. The molecule has 1 heterocycles. The number of carbonyl (C=O) groups excluding carboxylic acids is 1. The van der Waals surface area contributed by atoms with Gasteiger partial charge in [0.15, 0.2) is 0 Å². The van der Waals surface area contributed by atoms with E-state index < -0.39 is 0 Å². The predicted molar refractivity (Wildman–Crippen MR) is 98.5 cm³/mol. The van der Waals surface area contributed by atoms with Crippen molar-refractivity contribution < 1.29 is 4.79 Å². The Hall–Kier alpha value is -2.35. The largest absolute Gasteiger partial charge is 0.350 e. The molecular weight excluding hydrogens is 334 g/mol. The van der Waals surface area contributed by atoms with Crippen molar-refractivity contribution in [1.82, 2.24) is 10.2 Å². The summed E-state index contributed by atoms with van der Waals surface area (Å²) in [5.74, 6) is -0.129. The quantitative estimate of drug-likeness (QED) is 0.890. The molecule has 1 N–H and O–H groups in total. The number of hydrogen-bond acceptors (Lipinski definition) is 3. The number of nitriles is 1. The van der Waals surface area contributed by atoms with Crippen LogP contribution in [-0.2, 0) is 0 Å². The molecule has 0 aliphatic carbocycles. The van der Waals surface area contributed by atoms with Crippen molar-refractivity contribution in [3.05, 3.63) is 70.2 Å². The lowest BCUT2D eigenvalue weighted by molar-refractivity contribution is 0.0938. The fourth-order valence-corrected chi connectivity index (χ4v) is 3.41. The summed E-state index contributed by atoms with van der Waals surface area (Å²) in [5.41, 5.74) is 2.23. The van der Waals surface area contributed by atoms with Gasteiger partial charge in [0.25, 0.3) is 5.91 Å². The molecule has 1 atom stereocenters. The zero-order chi connectivity index (χ0) is 17.6. The van der Waals surface area contributed by atoms with Gasteiger partial charge in [-0.1, -0.05) is 23.7 Å². The maximum atomic E-state index is 12.4. The molecule has 0 aromatic heterocycles. The summed E-state index contributed by atoms with van der Waals surface area (Å²) in [5, 5.41) is 12.6. The van der Waals surface area contributed by atoms with E-state index in [2.05, 4.69) is 22.4 Å². The van der Waals surface area contributed by atoms with Crippen molar-refractivity contribution in [3.63, 3.8) is 0 Å². The Bertz CT molecular complexity index is 776. The van der Waals surface area contributed by atoms with Gasteiger partial charge < -0.3 is 5.32 Å². The third kappa shape index (κ3) is 4.39. The number of nitrogens with zero attached hydrogens (tertiary/aromatic N) is 2. The van der Waals surface area contributed by atoms with Gasteiger partial charge in [-0.2, -0.15) is 5.26 Å². The number of benzene rings is 2. The second kappa shape index (κ2) is 8.15. The highest BCUT2D eigenvalue weighted by atomic mass is 35.5. The molecule has 1 aliphatic rings. The molecule has 3 rings (SSSR count). The number of carbonyl (C=O) groups is 1. The van der Waals surface area contributed by atoms with Crippen LogP contribution >= 0.6 is 11.6 Å². The van der Waals surface area contributed by atoms with E-state index >= 15 is 0 Å². The van der Waals surface area contributed by atoms with E-state index in [0.29, 0.717) is 22.7 Å². The summed E-state index contributed by atoms with van der Waals surface area (Å²) < 4.78 is 0. The SMILES string of the molecule is N#Cc1ccc(C(=O)NCC(c2cccc(Cl)c2)N2CCCC2)cc1. The van der Waals surface area contributed by atoms with Crippen LogP contribution in [0.5, 0.6) is 0 Å². The first-order valence-electron chi connectivity index (χ1n) is 8.45. The molecule has 2 aromatic carbocycles. The smallest absolute Gasteiger partial charge is 0.251 e. The Kier molecular flexibility index (Phi) is 5.70. The number of nitrogens with one attached hydrogen (secondary N) is 1. The third-order valence-electron chi connectivity index (χ3n) is 4.55. The Morgan fingerprint density at radius 2 is 1.92 bits per heavy atom. The molecule has 1 amide bonds. The van der Waals surface area contributed by atoms with Crippen molar-refractivity contribution >= 4 is 17.5 Å². The fourth-order valence-electron chi connectivity index (χ4n) is 3.21. The molecule has 0 bridgehead atoms. The molecule has 1 unspecified atom stereocenters. The van der Waals surface area contributed by atoms with E-state index in [-0.39, 0.29) is 11.9 Å². The monoisotopic (exact) mass is 353 g/mol. The van der Waals surface area contributed by atoms with Crippen LogP contribution in [0.2, 0.25) is 5.02 Å². The first-order valence-corrected chi connectivity index (χ1v) is 8.83. The Morgan fingerprint density at radius 3 is 2.56 bits per heavy atom. The van der Waals surface area contributed by atoms with Crippen molar-refractivity contribution in [2.45, 2.75) is 18.9 Å². The highest BCUT2D eigenvalue weighted by Gasteiger charge is 2.24. The molecule has 5 heteroatoms. The molecule has 1 saturated heterocycles. The van der Waals surface area contributed by atoms with Gasteiger partial charge in [0.2, 0.25) is 0 Å². The average molecular weight is 354 g/mol. The summed E-state index contributed by atoms with van der Waals surface area (Å²) in [7, 11) is 0. The molecule has 128 valence electrons. The van der Waals surface area contributed by atoms with Gasteiger partial charge in [0, 0.05) is 17.1 Å². The van der Waals surface area contributed by atoms with E-state index in [0.717, 1.165) is 18.7 Å². The minimum absolute atomic E-state index is 0.114. The van der Waals surface area contributed by atoms with Gasteiger partial charge in [0.05, 0.1) is 17.7 Å². The number of halogens is 1. The molecule has 0 spiro atoms. The zero-order valence-electron chi connectivity index (χ0n) is 13.9. The van der Waals surface area contributed by atoms with E-state index in [1.807, 2.05) is 18.2 Å². The normalized spacial score (nSPS) is 15.5. The number of rotatable bonds is 5.